The lowest BCUT2D eigenvalue weighted by Crippen LogP contribution is -2.13. The van der Waals surface area contributed by atoms with E-state index in [4.69, 9.17) is 12.2 Å². The second-order valence-corrected chi connectivity index (χ2v) is 5.28. The molecule has 1 amide bonds. The molecule has 3 N–H and O–H groups in total. The van der Waals surface area contributed by atoms with E-state index in [1.807, 2.05) is 0 Å². The number of fused-ring (bicyclic) bond motifs is 1. The van der Waals surface area contributed by atoms with Gasteiger partial charge in [0.2, 0.25) is 0 Å². The Bertz CT molecular complexity index is 946. The highest BCUT2D eigenvalue weighted by molar-refractivity contribution is 7.71. The smallest absolute Gasteiger partial charge is 0.257 e. The Morgan fingerprint density at radius 1 is 1.18 bits per heavy atom. The molecule has 0 radical (unpaired) electrons. The summed E-state index contributed by atoms with van der Waals surface area (Å²) in [6.45, 7) is 1.62. The van der Waals surface area contributed by atoms with Crippen LogP contribution in [0.5, 0.6) is 0 Å². The van der Waals surface area contributed by atoms with Crippen molar-refractivity contribution in [3.8, 4) is 0 Å². The van der Waals surface area contributed by atoms with Gasteiger partial charge in [0.15, 0.2) is 4.77 Å². The summed E-state index contributed by atoms with van der Waals surface area (Å²) in [7, 11) is 0. The zero-order chi connectivity index (χ0) is 15.9. The van der Waals surface area contributed by atoms with Crippen LogP contribution in [-0.4, -0.2) is 15.9 Å². The van der Waals surface area contributed by atoms with Crippen LogP contribution in [0.15, 0.2) is 30.3 Å². The molecule has 0 spiro atoms. The van der Waals surface area contributed by atoms with Gasteiger partial charge in [0.1, 0.15) is 11.6 Å². The Labute approximate surface area is 129 Å². The fourth-order valence-electron chi connectivity index (χ4n) is 2.16. The molecular formula is C15H11F2N3OS. The Kier molecular flexibility index (Phi) is 3.50. The van der Waals surface area contributed by atoms with Gasteiger partial charge in [0, 0.05) is 5.69 Å². The topological polar surface area (TPSA) is 60.7 Å². The molecule has 1 heterocycles. The number of carbonyl (C=O) groups excluding carboxylic acids is 1. The molecule has 0 aliphatic heterocycles. The molecule has 1 aromatic heterocycles. The van der Waals surface area contributed by atoms with E-state index in [0.717, 1.165) is 6.07 Å². The second-order valence-electron chi connectivity index (χ2n) is 4.87. The summed E-state index contributed by atoms with van der Waals surface area (Å²) in [5.41, 5.74) is 1.64. The summed E-state index contributed by atoms with van der Waals surface area (Å²) in [5.74, 6) is -1.56. The van der Waals surface area contributed by atoms with Crippen molar-refractivity contribution < 1.29 is 13.6 Å². The minimum atomic E-state index is -0.571. The summed E-state index contributed by atoms with van der Waals surface area (Å²) in [6.07, 6.45) is 0. The summed E-state index contributed by atoms with van der Waals surface area (Å²) in [4.78, 5) is 17.9. The minimum Gasteiger partial charge on any atom is -0.331 e. The van der Waals surface area contributed by atoms with Crippen molar-refractivity contribution in [3.63, 3.8) is 0 Å². The molecule has 22 heavy (non-hydrogen) atoms. The average Bonchev–Trinajstić information content (AvgIpc) is 2.82. The monoisotopic (exact) mass is 319 g/mol. The second kappa shape index (κ2) is 5.34. The number of amides is 1. The predicted octanol–water partition coefficient (Wildman–Crippen LogP) is 4.06. The van der Waals surface area contributed by atoms with Gasteiger partial charge in [0.05, 0.1) is 16.6 Å². The number of anilines is 1. The Morgan fingerprint density at radius 3 is 2.68 bits per heavy atom. The van der Waals surface area contributed by atoms with E-state index in [2.05, 4.69) is 15.3 Å². The molecule has 3 rings (SSSR count). The number of benzene rings is 2. The van der Waals surface area contributed by atoms with Gasteiger partial charge in [-0.2, -0.15) is 0 Å². The molecule has 0 aliphatic rings. The maximum absolute atomic E-state index is 13.6. The van der Waals surface area contributed by atoms with Crippen molar-refractivity contribution in [2.75, 3.05) is 5.32 Å². The molecule has 4 nitrogen and oxygen atoms in total. The van der Waals surface area contributed by atoms with Gasteiger partial charge in [-0.3, -0.25) is 4.79 Å². The largest absolute Gasteiger partial charge is 0.331 e. The third kappa shape index (κ3) is 2.62. The van der Waals surface area contributed by atoms with E-state index in [1.54, 1.807) is 19.1 Å². The number of aromatic amines is 2. The van der Waals surface area contributed by atoms with Crippen LogP contribution in [0.3, 0.4) is 0 Å². The maximum atomic E-state index is 13.6. The third-order valence-electron chi connectivity index (χ3n) is 3.26. The van der Waals surface area contributed by atoms with Gasteiger partial charge < -0.3 is 15.3 Å². The average molecular weight is 319 g/mol. The molecule has 0 fully saturated rings. The summed E-state index contributed by atoms with van der Waals surface area (Å²) >= 11 is 4.95. The standard InChI is InChI=1S/C15H11F2N3OS/c1-7-2-3-9(6-11(7)17)18-14(21)10-4-8(16)5-12-13(10)20-15(22)19-12/h2-6H,1H3,(H,18,21)(H2,19,20,22). The number of nitrogens with one attached hydrogen (secondary N) is 3. The summed E-state index contributed by atoms with van der Waals surface area (Å²) < 4.78 is 27.4. The number of halogens is 2. The van der Waals surface area contributed by atoms with E-state index >= 15 is 0 Å². The fourth-order valence-corrected chi connectivity index (χ4v) is 2.37. The van der Waals surface area contributed by atoms with Crippen LogP contribution in [-0.2, 0) is 0 Å². The van der Waals surface area contributed by atoms with E-state index in [1.165, 1.54) is 12.1 Å². The van der Waals surface area contributed by atoms with Crippen LogP contribution in [0.1, 0.15) is 15.9 Å². The van der Waals surface area contributed by atoms with Crippen molar-refractivity contribution in [1.82, 2.24) is 9.97 Å². The number of imidazole rings is 1. The quantitative estimate of drug-likeness (QED) is 0.624. The molecule has 7 heteroatoms. The zero-order valence-electron chi connectivity index (χ0n) is 11.5. The Hall–Kier alpha value is -2.54. The van der Waals surface area contributed by atoms with Crippen molar-refractivity contribution in [3.05, 3.63) is 57.9 Å². The first-order valence-electron chi connectivity index (χ1n) is 6.43. The van der Waals surface area contributed by atoms with Crippen molar-refractivity contribution in [2.45, 2.75) is 6.92 Å². The summed E-state index contributed by atoms with van der Waals surface area (Å²) in [6, 6.07) is 6.68. The lowest BCUT2D eigenvalue weighted by atomic mass is 10.1. The minimum absolute atomic E-state index is 0.0864. The van der Waals surface area contributed by atoms with Crippen molar-refractivity contribution in [1.29, 1.82) is 0 Å². The molecule has 0 bridgehead atoms. The SMILES string of the molecule is Cc1ccc(NC(=O)c2cc(F)cc3[nH]c(=S)[nH]c23)cc1F. The fraction of sp³-hybridized carbons (Fsp3) is 0.0667. The van der Waals surface area contributed by atoms with E-state index < -0.39 is 17.5 Å². The highest BCUT2D eigenvalue weighted by Gasteiger charge is 2.14. The summed E-state index contributed by atoms with van der Waals surface area (Å²) in [5, 5.41) is 2.54. The van der Waals surface area contributed by atoms with E-state index in [0.29, 0.717) is 22.3 Å². The molecule has 3 aromatic rings. The molecule has 0 saturated heterocycles. The number of aromatic nitrogens is 2. The lowest BCUT2D eigenvalue weighted by Gasteiger charge is -2.07. The molecule has 0 atom stereocenters. The third-order valence-corrected chi connectivity index (χ3v) is 3.47. The van der Waals surface area contributed by atoms with Gasteiger partial charge in [0.25, 0.3) is 5.91 Å². The van der Waals surface area contributed by atoms with Crippen LogP contribution in [0.4, 0.5) is 14.5 Å². The van der Waals surface area contributed by atoms with Crippen LogP contribution in [0, 0.1) is 23.3 Å². The molecule has 0 aliphatic carbocycles. The predicted molar refractivity (Wildman–Crippen MR) is 82.5 cm³/mol. The van der Waals surface area contributed by atoms with Gasteiger partial charge in [-0.1, -0.05) is 6.07 Å². The van der Waals surface area contributed by atoms with E-state index in [-0.39, 0.29) is 10.3 Å². The number of hydrogen-bond acceptors (Lipinski definition) is 2. The zero-order valence-corrected chi connectivity index (χ0v) is 12.3. The number of carbonyl (C=O) groups is 1. The number of hydrogen-bond donors (Lipinski definition) is 3. The highest BCUT2D eigenvalue weighted by atomic mass is 32.1. The van der Waals surface area contributed by atoms with Gasteiger partial charge in [-0.25, -0.2) is 8.78 Å². The van der Waals surface area contributed by atoms with Crippen LogP contribution in [0.25, 0.3) is 11.0 Å². The lowest BCUT2D eigenvalue weighted by molar-refractivity contribution is 0.102. The first-order valence-corrected chi connectivity index (χ1v) is 6.84. The molecule has 2 aromatic carbocycles. The Balaban J connectivity index is 2.01. The molecule has 0 saturated carbocycles. The highest BCUT2D eigenvalue weighted by Crippen LogP contribution is 2.20. The van der Waals surface area contributed by atoms with Crippen LogP contribution >= 0.6 is 12.2 Å². The number of H-pyrrole nitrogens is 2. The van der Waals surface area contributed by atoms with Crippen molar-refractivity contribution >= 4 is 34.8 Å². The van der Waals surface area contributed by atoms with Crippen LogP contribution in [0.2, 0.25) is 0 Å². The van der Waals surface area contributed by atoms with Gasteiger partial charge >= 0.3 is 0 Å². The first kappa shape index (κ1) is 14.4. The van der Waals surface area contributed by atoms with Gasteiger partial charge in [-0.15, -0.1) is 0 Å². The molecule has 112 valence electrons. The molecular weight excluding hydrogens is 308 g/mol. The van der Waals surface area contributed by atoms with E-state index in [9.17, 15) is 13.6 Å². The number of aryl methyl sites for hydroxylation is 1. The normalized spacial score (nSPS) is 10.9. The molecule has 0 unspecified atom stereocenters. The van der Waals surface area contributed by atoms with Crippen LogP contribution < -0.4 is 5.32 Å². The van der Waals surface area contributed by atoms with Gasteiger partial charge in [-0.05, 0) is 49.0 Å². The maximum Gasteiger partial charge on any atom is 0.257 e. The van der Waals surface area contributed by atoms with Crippen molar-refractivity contribution in [2.24, 2.45) is 0 Å². The number of rotatable bonds is 2. The first-order chi connectivity index (χ1) is 10.4. The Morgan fingerprint density at radius 2 is 1.95 bits per heavy atom.